The Balaban J connectivity index is 1.62. The summed E-state index contributed by atoms with van der Waals surface area (Å²) in [5, 5.41) is 12.6. The molecule has 1 heterocycles. The Morgan fingerprint density at radius 3 is 2.11 bits per heavy atom. The SMILES string of the molecule is Cc1ccc(-n2c(SCC(=O)Nc3c(Br)cc(C)cc3Br)nnc2-c2ccc(C(C)(C)C)cc2)cc1. The van der Waals surface area contributed by atoms with Gasteiger partial charge in [0.05, 0.1) is 11.4 Å². The number of rotatable bonds is 6. The fourth-order valence-corrected chi connectivity index (χ4v) is 6.09. The zero-order valence-corrected chi connectivity index (χ0v) is 24.9. The zero-order chi connectivity index (χ0) is 26.0. The Hall–Kier alpha value is -2.42. The highest BCUT2D eigenvalue weighted by Crippen LogP contribution is 2.33. The molecule has 1 N–H and O–H groups in total. The molecule has 5 nitrogen and oxygen atoms in total. The molecule has 0 spiro atoms. The summed E-state index contributed by atoms with van der Waals surface area (Å²) in [6.07, 6.45) is 0. The van der Waals surface area contributed by atoms with Crippen molar-refractivity contribution in [3.8, 4) is 17.1 Å². The maximum atomic E-state index is 12.8. The van der Waals surface area contributed by atoms with Crippen LogP contribution in [-0.4, -0.2) is 26.4 Å². The Morgan fingerprint density at radius 1 is 0.917 bits per heavy atom. The number of aryl methyl sites for hydroxylation is 2. The summed E-state index contributed by atoms with van der Waals surface area (Å²) in [4.78, 5) is 12.8. The van der Waals surface area contributed by atoms with Gasteiger partial charge in [-0.3, -0.25) is 9.36 Å². The third kappa shape index (κ3) is 6.10. The van der Waals surface area contributed by atoms with E-state index in [0.717, 1.165) is 31.6 Å². The molecule has 0 saturated heterocycles. The quantitative estimate of drug-likeness (QED) is 0.219. The number of halogens is 2. The molecule has 4 aromatic rings. The molecular formula is C28H28Br2N4OS. The molecule has 1 amide bonds. The number of aromatic nitrogens is 3. The number of benzene rings is 3. The van der Waals surface area contributed by atoms with E-state index in [1.807, 2.05) is 23.6 Å². The second kappa shape index (κ2) is 10.9. The molecule has 3 aromatic carbocycles. The largest absolute Gasteiger partial charge is 0.323 e. The van der Waals surface area contributed by atoms with Crippen LogP contribution in [0.1, 0.15) is 37.5 Å². The maximum Gasteiger partial charge on any atom is 0.234 e. The van der Waals surface area contributed by atoms with Crippen molar-refractivity contribution in [3.63, 3.8) is 0 Å². The van der Waals surface area contributed by atoms with Gasteiger partial charge in [-0.1, -0.05) is 74.5 Å². The average molecular weight is 628 g/mol. The lowest BCUT2D eigenvalue weighted by atomic mass is 9.87. The van der Waals surface area contributed by atoms with E-state index >= 15 is 0 Å². The summed E-state index contributed by atoms with van der Waals surface area (Å²) in [6.45, 7) is 10.7. The lowest BCUT2D eigenvalue weighted by molar-refractivity contribution is -0.113. The number of hydrogen-bond donors (Lipinski definition) is 1. The number of amides is 1. The van der Waals surface area contributed by atoms with Crippen LogP contribution in [0.25, 0.3) is 17.1 Å². The molecule has 0 fully saturated rings. The molecule has 0 atom stereocenters. The highest BCUT2D eigenvalue weighted by atomic mass is 79.9. The number of carbonyl (C=O) groups excluding carboxylic acids is 1. The van der Waals surface area contributed by atoms with E-state index in [-0.39, 0.29) is 17.1 Å². The van der Waals surface area contributed by atoms with Crippen LogP contribution in [0.4, 0.5) is 5.69 Å². The van der Waals surface area contributed by atoms with Crippen LogP contribution in [0, 0.1) is 13.8 Å². The minimum Gasteiger partial charge on any atom is -0.323 e. The van der Waals surface area contributed by atoms with Gasteiger partial charge in [0.1, 0.15) is 0 Å². The number of nitrogens with one attached hydrogen (secondary N) is 1. The van der Waals surface area contributed by atoms with Gasteiger partial charge in [-0.25, -0.2) is 0 Å². The van der Waals surface area contributed by atoms with Crippen LogP contribution in [0.15, 0.2) is 74.8 Å². The summed E-state index contributed by atoms with van der Waals surface area (Å²) in [6, 6.07) is 20.6. The van der Waals surface area contributed by atoms with E-state index in [1.54, 1.807) is 0 Å². The summed E-state index contributed by atoms with van der Waals surface area (Å²) in [5.74, 6) is 0.811. The smallest absolute Gasteiger partial charge is 0.234 e. The monoisotopic (exact) mass is 626 g/mol. The highest BCUT2D eigenvalue weighted by Gasteiger charge is 2.19. The van der Waals surface area contributed by atoms with Crippen molar-refractivity contribution in [2.24, 2.45) is 0 Å². The van der Waals surface area contributed by atoms with Gasteiger partial charge in [-0.15, -0.1) is 10.2 Å². The highest BCUT2D eigenvalue weighted by molar-refractivity contribution is 9.11. The van der Waals surface area contributed by atoms with Crippen molar-refractivity contribution in [1.29, 1.82) is 0 Å². The summed E-state index contributed by atoms with van der Waals surface area (Å²) in [7, 11) is 0. The zero-order valence-electron chi connectivity index (χ0n) is 20.9. The topological polar surface area (TPSA) is 59.8 Å². The van der Waals surface area contributed by atoms with Crippen molar-refractivity contribution in [3.05, 3.63) is 86.3 Å². The molecule has 0 unspecified atom stereocenters. The first-order valence-electron chi connectivity index (χ1n) is 11.5. The number of anilines is 1. The Morgan fingerprint density at radius 2 is 1.53 bits per heavy atom. The Kier molecular flexibility index (Phi) is 8.07. The minimum atomic E-state index is -0.125. The van der Waals surface area contributed by atoms with Gasteiger partial charge < -0.3 is 5.32 Å². The number of carbonyl (C=O) groups is 1. The van der Waals surface area contributed by atoms with Gasteiger partial charge in [0, 0.05) is 20.2 Å². The third-order valence-corrected chi connectivity index (χ3v) is 7.90. The molecule has 0 bridgehead atoms. The van der Waals surface area contributed by atoms with E-state index in [4.69, 9.17) is 0 Å². The molecule has 1 aromatic heterocycles. The molecule has 4 rings (SSSR count). The minimum absolute atomic E-state index is 0.0684. The van der Waals surface area contributed by atoms with Gasteiger partial charge in [0.2, 0.25) is 5.91 Å². The van der Waals surface area contributed by atoms with Crippen molar-refractivity contribution in [1.82, 2.24) is 14.8 Å². The lowest BCUT2D eigenvalue weighted by Gasteiger charge is -2.19. The van der Waals surface area contributed by atoms with Gasteiger partial charge in [0.25, 0.3) is 0 Å². The van der Waals surface area contributed by atoms with Crippen LogP contribution < -0.4 is 5.32 Å². The fourth-order valence-electron chi connectivity index (χ4n) is 3.72. The second-order valence-corrected chi connectivity index (χ2v) is 12.4. The second-order valence-electron chi connectivity index (χ2n) is 9.74. The molecular weight excluding hydrogens is 600 g/mol. The summed E-state index contributed by atoms with van der Waals surface area (Å²) >= 11 is 8.44. The molecule has 0 saturated carbocycles. The molecule has 0 aliphatic carbocycles. The van der Waals surface area contributed by atoms with Crippen molar-refractivity contribution in [2.75, 3.05) is 11.1 Å². The predicted molar refractivity (Wildman–Crippen MR) is 156 cm³/mol. The molecule has 0 radical (unpaired) electrons. The molecule has 36 heavy (non-hydrogen) atoms. The predicted octanol–water partition coefficient (Wildman–Crippen LogP) is 8.10. The number of thioether (sulfide) groups is 1. The Labute approximate surface area is 233 Å². The van der Waals surface area contributed by atoms with Crippen LogP contribution >= 0.6 is 43.6 Å². The average Bonchev–Trinajstić information content (AvgIpc) is 3.24. The first kappa shape index (κ1) is 26.6. The molecule has 186 valence electrons. The lowest BCUT2D eigenvalue weighted by Crippen LogP contribution is -2.15. The Bertz CT molecular complexity index is 1370. The molecule has 0 aliphatic rings. The van der Waals surface area contributed by atoms with Gasteiger partial charge >= 0.3 is 0 Å². The summed E-state index contributed by atoms with van der Waals surface area (Å²) in [5.41, 5.74) is 6.23. The van der Waals surface area contributed by atoms with Crippen LogP contribution in [0.2, 0.25) is 0 Å². The van der Waals surface area contributed by atoms with Crippen molar-refractivity contribution in [2.45, 2.75) is 45.2 Å². The van der Waals surface area contributed by atoms with Crippen LogP contribution in [0.5, 0.6) is 0 Å². The third-order valence-electron chi connectivity index (χ3n) is 5.72. The first-order valence-corrected chi connectivity index (χ1v) is 14.1. The van der Waals surface area contributed by atoms with Gasteiger partial charge in [-0.2, -0.15) is 0 Å². The summed E-state index contributed by atoms with van der Waals surface area (Å²) < 4.78 is 3.68. The van der Waals surface area contributed by atoms with E-state index in [0.29, 0.717) is 10.8 Å². The van der Waals surface area contributed by atoms with Gasteiger partial charge in [0.15, 0.2) is 11.0 Å². The van der Waals surface area contributed by atoms with E-state index in [2.05, 4.69) is 124 Å². The van der Waals surface area contributed by atoms with Crippen LogP contribution in [-0.2, 0) is 10.2 Å². The van der Waals surface area contributed by atoms with Crippen LogP contribution in [0.3, 0.4) is 0 Å². The van der Waals surface area contributed by atoms with E-state index < -0.39 is 0 Å². The maximum absolute atomic E-state index is 12.8. The number of hydrogen-bond acceptors (Lipinski definition) is 4. The fraction of sp³-hybridized carbons (Fsp3) is 0.250. The van der Waals surface area contributed by atoms with E-state index in [9.17, 15) is 4.79 Å². The molecule has 8 heteroatoms. The van der Waals surface area contributed by atoms with Gasteiger partial charge in [-0.05, 0) is 86.5 Å². The standard InChI is InChI=1S/C28H28Br2N4OS/c1-17-6-12-21(13-7-17)34-26(19-8-10-20(11-9-19)28(3,4)5)32-33-27(34)36-16-24(35)31-25-22(29)14-18(2)15-23(25)30/h6-15H,16H2,1-5H3,(H,31,35). The van der Waals surface area contributed by atoms with Crippen molar-refractivity contribution >= 4 is 55.2 Å². The van der Waals surface area contributed by atoms with Crippen molar-refractivity contribution < 1.29 is 4.79 Å². The first-order chi connectivity index (χ1) is 17.0. The molecule has 0 aliphatic heterocycles. The normalized spacial score (nSPS) is 11.5. The number of nitrogens with zero attached hydrogens (tertiary/aromatic N) is 3. The van der Waals surface area contributed by atoms with E-state index in [1.165, 1.54) is 22.9 Å².